The molecule has 0 saturated heterocycles. The zero-order chi connectivity index (χ0) is 26.9. The van der Waals surface area contributed by atoms with E-state index in [1.165, 1.54) is 31.2 Å². The number of rotatable bonds is 11. The number of amides is 3. The predicted molar refractivity (Wildman–Crippen MR) is 123 cm³/mol. The number of hydrogen-bond donors (Lipinski definition) is 5. The molecule has 1 radical (unpaired) electrons. The molecule has 36 heavy (non-hydrogen) atoms. The second-order valence-corrected chi connectivity index (χ2v) is 8.07. The van der Waals surface area contributed by atoms with E-state index in [9.17, 15) is 37.5 Å². The van der Waals surface area contributed by atoms with Crippen LogP contribution >= 0.6 is 0 Å². The van der Waals surface area contributed by atoms with Gasteiger partial charge in [0.2, 0.25) is 24.0 Å². The molecule has 2 aromatic carbocycles. The van der Waals surface area contributed by atoms with Gasteiger partial charge in [-0.3, -0.25) is 19.2 Å². The Morgan fingerprint density at radius 3 is 2.28 bits per heavy atom. The summed E-state index contributed by atoms with van der Waals surface area (Å²) in [4.78, 5) is 47.8. The summed E-state index contributed by atoms with van der Waals surface area (Å²) in [6.07, 6.45) is -3.06. The van der Waals surface area contributed by atoms with Gasteiger partial charge in [-0.15, -0.1) is 0 Å². The smallest absolute Gasteiger partial charge is 0.416 e. The monoisotopic (exact) mass is 507 g/mol. The van der Waals surface area contributed by atoms with Crippen LogP contribution in [0.1, 0.15) is 23.6 Å². The molecule has 0 aliphatic carbocycles. The van der Waals surface area contributed by atoms with E-state index >= 15 is 0 Å². The lowest BCUT2D eigenvalue weighted by molar-refractivity contribution is -0.137. The summed E-state index contributed by atoms with van der Waals surface area (Å²) in [5.74, 6) is -2.00. The Labute approximate surface area is 205 Å². The number of alkyl halides is 3. The van der Waals surface area contributed by atoms with Crippen LogP contribution in [0.5, 0.6) is 5.75 Å². The molecule has 0 saturated carbocycles. The standard InChI is InChI=1S/C24H26F3N4O5/c1-14(30-23(36)20(28)11-15-5-7-19(33)8-6-15)22(35)29-12-21(34)31-18(13-32)10-16-3-2-4-17(9-16)24(25,26)27/h2-9,14,18,20,33H,10-12,28H2,1H3,(H,29,35)(H,30,36)(H,31,34)/t14-,18+,20+/m1/s1. The van der Waals surface area contributed by atoms with Crippen molar-refractivity contribution in [3.05, 3.63) is 65.2 Å². The van der Waals surface area contributed by atoms with Crippen LogP contribution in [0.2, 0.25) is 0 Å². The fourth-order valence-corrected chi connectivity index (χ4v) is 3.16. The van der Waals surface area contributed by atoms with Crippen molar-refractivity contribution in [2.24, 2.45) is 5.73 Å². The van der Waals surface area contributed by atoms with Crippen molar-refractivity contribution < 1.29 is 37.5 Å². The van der Waals surface area contributed by atoms with E-state index in [0.717, 1.165) is 12.1 Å². The molecule has 9 nitrogen and oxygen atoms in total. The fraction of sp³-hybridized carbons (Fsp3) is 0.333. The number of nitrogens with one attached hydrogen (secondary N) is 3. The number of carbonyl (C=O) groups is 3. The van der Waals surface area contributed by atoms with E-state index in [1.807, 2.05) is 0 Å². The van der Waals surface area contributed by atoms with Crippen molar-refractivity contribution in [1.29, 1.82) is 0 Å². The van der Waals surface area contributed by atoms with Gasteiger partial charge in [0, 0.05) is 6.42 Å². The quantitative estimate of drug-likeness (QED) is 0.303. The SMILES string of the molecule is C[C@@H](NC(=O)[C@@H](N)Cc1ccc(O)cc1)C(=O)NCC(=O)N[C@H]([C]=O)Cc1cccc(C(F)(F)F)c1. The summed E-state index contributed by atoms with van der Waals surface area (Å²) in [5, 5.41) is 16.3. The van der Waals surface area contributed by atoms with Gasteiger partial charge in [-0.1, -0.05) is 30.3 Å². The molecule has 0 spiro atoms. The predicted octanol–water partition coefficient (Wildman–Crippen LogP) is 0.739. The third-order valence-electron chi connectivity index (χ3n) is 5.08. The second kappa shape index (κ2) is 12.7. The highest BCUT2D eigenvalue weighted by Crippen LogP contribution is 2.29. The van der Waals surface area contributed by atoms with Crippen LogP contribution in [-0.4, -0.2) is 53.8 Å². The maximum Gasteiger partial charge on any atom is 0.416 e. The van der Waals surface area contributed by atoms with Gasteiger partial charge in [-0.2, -0.15) is 13.2 Å². The summed E-state index contributed by atoms with van der Waals surface area (Å²) in [5.41, 5.74) is 5.84. The molecule has 0 unspecified atom stereocenters. The molecule has 12 heteroatoms. The highest BCUT2D eigenvalue weighted by Gasteiger charge is 2.30. The Kier molecular flexibility index (Phi) is 9.97. The minimum Gasteiger partial charge on any atom is -0.508 e. The van der Waals surface area contributed by atoms with E-state index in [1.54, 1.807) is 18.4 Å². The molecule has 0 aliphatic rings. The van der Waals surface area contributed by atoms with Gasteiger partial charge < -0.3 is 26.8 Å². The molecular formula is C24H26F3N4O5. The zero-order valence-electron chi connectivity index (χ0n) is 19.3. The highest BCUT2D eigenvalue weighted by molar-refractivity contribution is 5.92. The third-order valence-corrected chi connectivity index (χ3v) is 5.08. The summed E-state index contributed by atoms with van der Waals surface area (Å²) >= 11 is 0. The normalized spacial score (nSPS) is 13.7. The number of carbonyl (C=O) groups excluding carboxylic acids is 4. The molecule has 6 N–H and O–H groups in total. The minimum absolute atomic E-state index is 0.0686. The van der Waals surface area contributed by atoms with Gasteiger partial charge in [0.05, 0.1) is 24.2 Å². The van der Waals surface area contributed by atoms with Crippen LogP contribution in [0.3, 0.4) is 0 Å². The average molecular weight is 507 g/mol. The van der Waals surface area contributed by atoms with Crippen LogP contribution in [0.4, 0.5) is 13.2 Å². The van der Waals surface area contributed by atoms with Crippen LogP contribution in [0, 0.1) is 0 Å². The first-order valence-electron chi connectivity index (χ1n) is 10.8. The molecule has 0 aromatic heterocycles. The number of hydrogen-bond acceptors (Lipinski definition) is 6. The third kappa shape index (κ3) is 9.02. The first kappa shape index (κ1) is 28.3. The van der Waals surface area contributed by atoms with Gasteiger partial charge >= 0.3 is 6.18 Å². The first-order valence-corrected chi connectivity index (χ1v) is 10.8. The molecule has 3 atom stereocenters. The van der Waals surface area contributed by atoms with Gasteiger partial charge in [0.15, 0.2) is 0 Å². The molecule has 0 heterocycles. The largest absolute Gasteiger partial charge is 0.508 e. The van der Waals surface area contributed by atoms with E-state index in [2.05, 4.69) is 16.0 Å². The number of benzene rings is 2. The number of phenols is 1. The van der Waals surface area contributed by atoms with E-state index in [-0.39, 0.29) is 24.2 Å². The van der Waals surface area contributed by atoms with Crippen molar-refractivity contribution in [2.45, 2.75) is 44.1 Å². The van der Waals surface area contributed by atoms with Crippen molar-refractivity contribution in [3.8, 4) is 5.75 Å². The number of aromatic hydroxyl groups is 1. The van der Waals surface area contributed by atoms with Crippen LogP contribution < -0.4 is 21.7 Å². The molecule has 2 aromatic rings. The molecule has 0 fully saturated rings. The van der Waals surface area contributed by atoms with Crippen LogP contribution in [-0.2, 0) is 38.2 Å². The molecule has 2 rings (SSSR count). The topological polar surface area (TPSA) is 151 Å². The first-order chi connectivity index (χ1) is 16.9. The molecule has 193 valence electrons. The maximum absolute atomic E-state index is 12.8. The Hall–Kier alpha value is -3.93. The average Bonchev–Trinajstić information content (AvgIpc) is 2.83. The van der Waals surface area contributed by atoms with E-state index in [0.29, 0.717) is 5.56 Å². The number of halogens is 3. The van der Waals surface area contributed by atoms with E-state index in [4.69, 9.17) is 5.73 Å². The lowest BCUT2D eigenvalue weighted by Crippen LogP contribution is -2.52. The molecule has 0 aliphatic heterocycles. The summed E-state index contributed by atoms with van der Waals surface area (Å²) in [7, 11) is 0. The lowest BCUT2D eigenvalue weighted by atomic mass is 10.0. The molecule has 3 amide bonds. The summed E-state index contributed by atoms with van der Waals surface area (Å²) in [6.45, 7) is 0.841. The van der Waals surface area contributed by atoms with Crippen molar-refractivity contribution >= 4 is 24.0 Å². The van der Waals surface area contributed by atoms with Crippen molar-refractivity contribution in [2.75, 3.05) is 6.54 Å². The lowest BCUT2D eigenvalue weighted by Gasteiger charge is -2.18. The Bertz CT molecular complexity index is 1080. The van der Waals surface area contributed by atoms with Crippen molar-refractivity contribution in [1.82, 2.24) is 16.0 Å². The van der Waals surface area contributed by atoms with Crippen LogP contribution in [0.25, 0.3) is 0 Å². The zero-order valence-corrected chi connectivity index (χ0v) is 19.3. The highest BCUT2D eigenvalue weighted by atomic mass is 19.4. The second-order valence-electron chi connectivity index (χ2n) is 8.07. The number of nitrogens with two attached hydrogens (primary N) is 1. The fourth-order valence-electron chi connectivity index (χ4n) is 3.16. The summed E-state index contributed by atoms with van der Waals surface area (Å²) in [6, 6.07) is 7.21. The Balaban J connectivity index is 1.80. The van der Waals surface area contributed by atoms with Gasteiger partial charge in [0.1, 0.15) is 11.8 Å². The van der Waals surface area contributed by atoms with Gasteiger partial charge in [-0.05, 0) is 42.7 Å². The summed E-state index contributed by atoms with van der Waals surface area (Å²) < 4.78 is 38.5. The minimum atomic E-state index is -4.55. The van der Waals surface area contributed by atoms with Crippen LogP contribution in [0.15, 0.2) is 48.5 Å². The maximum atomic E-state index is 12.8. The van der Waals surface area contributed by atoms with Crippen molar-refractivity contribution in [3.63, 3.8) is 0 Å². The molecular weight excluding hydrogens is 481 g/mol. The van der Waals surface area contributed by atoms with Gasteiger partial charge in [0.25, 0.3) is 0 Å². The molecule has 0 bridgehead atoms. The number of phenolic OH excluding ortho intramolecular Hbond substituents is 1. The van der Waals surface area contributed by atoms with Gasteiger partial charge in [-0.25, -0.2) is 0 Å². The Morgan fingerprint density at radius 2 is 1.67 bits per heavy atom. The Morgan fingerprint density at radius 1 is 1.00 bits per heavy atom. The van der Waals surface area contributed by atoms with E-state index < -0.39 is 54.1 Å².